The fourth-order valence-corrected chi connectivity index (χ4v) is 4.75. The molecule has 12 heteroatoms. The van der Waals surface area contributed by atoms with E-state index in [4.69, 9.17) is 28.9 Å². The molecule has 2 aromatic rings. The zero-order valence-electron chi connectivity index (χ0n) is 18.2. The fourth-order valence-electron chi connectivity index (χ4n) is 4.08. The summed E-state index contributed by atoms with van der Waals surface area (Å²) in [6.45, 7) is 5.35. The molecule has 0 aliphatic carbocycles. The standard InChI is InChI=1S/C22H22Cl2F3N3O3.ClH/c1-3-29(4-2)8-9-30-16-11-12(19(28)31)10-13(22(25,26)27)17(16)21(33,20(30)32)18-14(23)6-5-7-15(18)24;/h5-7,10-11,33H,3-4,8-9H2,1-2H3,(H2,28,31);1H. The van der Waals surface area contributed by atoms with Gasteiger partial charge in [0.05, 0.1) is 11.3 Å². The summed E-state index contributed by atoms with van der Waals surface area (Å²) in [4.78, 5) is 28.4. The third-order valence-corrected chi connectivity index (χ3v) is 6.40. The van der Waals surface area contributed by atoms with Crippen molar-refractivity contribution < 1.29 is 27.9 Å². The van der Waals surface area contributed by atoms with E-state index in [1.54, 1.807) is 0 Å². The van der Waals surface area contributed by atoms with Gasteiger partial charge < -0.3 is 20.6 Å². The lowest BCUT2D eigenvalue weighted by Crippen LogP contribution is -2.44. The van der Waals surface area contributed by atoms with Crippen LogP contribution >= 0.6 is 35.6 Å². The molecule has 3 rings (SSSR count). The molecule has 0 bridgehead atoms. The number of fused-ring (bicyclic) bond motifs is 1. The zero-order chi connectivity index (χ0) is 24.7. The highest BCUT2D eigenvalue weighted by molar-refractivity contribution is 6.37. The molecule has 1 unspecified atom stereocenters. The molecular weight excluding hydrogens is 518 g/mol. The van der Waals surface area contributed by atoms with Crippen LogP contribution in [0.3, 0.4) is 0 Å². The molecular formula is C22H23Cl3F3N3O3. The second-order valence-corrected chi connectivity index (χ2v) is 8.39. The van der Waals surface area contributed by atoms with Crippen molar-refractivity contribution in [1.29, 1.82) is 0 Å². The number of likely N-dealkylation sites (N-methyl/N-ethyl adjacent to an activating group) is 1. The van der Waals surface area contributed by atoms with E-state index < -0.39 is 40.3 Å². The van der Waals surface area contributed by atoms with E-state index in [-0.39, 0.29) is 40.2 Å². The Kier molecular flexibility index (Phi) is 8.54. The van der Waals surface area contributed by atoms with Crippen molar-refractivity contribution in [1.82, 2.24) is 4.90 Å². The van der Waals surface area contributed by atoms with E-state index in [9.17, 15) is 27.9 Å². The largest absolute Gasteiger partial charge is 0.416 e. The number of rotatable bonds is 7. The first-order valence-corrected chi connectivity index (χ1v) is 10.9. The van der Waals surface area contributed by atoms with Crippen molar-refractivity contribution in [3.05, 3.63) is 62.6 Å². The number of nitrogens with two attached hydrogens (primary N) is 1. The molecule has 1 aliphatic heterocycles. The number of hydrogen-bond donors (Lipinski definition) is 2. The Morgan fingerprint density at radius 3 is 2.18 bits per heavy atom. The summed E-state index contributed by atoms with van der Waals surface area (Å²) in [6.07, 6.45) is -5.02. The molecule has 1 aliphatic rings. The molecule has 34 heavy (non-hydrogen) atoms. The summed E-state index contributed by atoms with van der Waals surface area (Å²) in [6, 6.07) is 5.68. The van der Waals surface area contributed by atoms with E-state index >= 15 is 0 Å². The molecule has 3 N–H and O–H groups in total. The quantitative estimate of drug-likeness (QED) is 0.543. The lowest BCUT2D eigenvalue weighted by Gasteiger charge is -2.27. The van der Waals surface area contributed by atoms with Crippen molar-refractivity contribution in [2.45, 2.75) is 25.6 Å². The summed E-state index contributed by atoms with van der Waals surface area (Å²) in [5.41, 5.74) is -0.737. The monoisotopic (exact) mass is 539 g/mol. The number of nitrogens with zero attached hydrogens (tertiary/aromatic N) is 2. The van der Waals surface area contributed by atoms with Crippen LogP contribution < -0.4 is 10.6 Å². The van der Waals surface area contributed by atoms with Crippen LogP contribution in [0.15, 0.2) is 30.3 Å². The van der Waals surface area contributed by atoms with Gasteiger partial charge in [0.2, 0.25) is 5.91 Å². The number of anilines is 1. The van der Waals surface area contributed by atoms with E-state index in [2.05, 4.69) is 0 Å². The van der Waals surface area contributed by atoms with E-state index in [1.807, 2.05) is 18.7 Å². The molecule has 2 amide bonds. The number of alkyl halides is 3. The second kappa shape index (κ2) is 10.3. The summed E-state index contributed by atoms with van der Waals surface area (Å²) in [7, 11) is 0. The Labute approximate surface area is 210 Å². The first-order valence-electron chi connectivity index (χ1n) is 10.1. The molecule has 0 saturated carbocycles. The molecule has 0 fully saturated rings. The van der Waals surface area contributed by atoms with Gasteiger partial charge in [0, 0.05) is 39.8 Å². The van der Waals surface area contributed by atoms with E-state index in [1.165, 1.54) is 18.2 Å². The average Bonchev–Trinajstić information content (AvgIpc) is 2.95. The van der Waals surface area contributed by atoms with Crippen LogP contribution in [0.1, 0.15) is 40.9 Å². The molecule has 0 radical (unpaired) electrons. The van der Waals surface area contributed by atoms with Gasteiger partial charge in [-0.15, -0.1) is 12.4 Å². The van der Waals surface area contributed by atoms with Crippen LogP contribution in [-0.2, 0) is 16.6 Å². The van der Waals surface area contributed by atoms with Crippen molar-refractivity contribution >= 4 is 53.1 Å². The highest BCUT2D eigenvalue weighted by Crippen LogP contribution is 2.53. The van der Waals surface area contributed by atoms with Gasteiger partial charge >= 0.3 is 6.18 Å². The van der Waals surface area contributed by atoms with E-state index in [0.29, 0.717) is 25.7 Å². The maximum absolute atomic E-state index is 14.2. The number of carbonyl (C=O) groups excluding carboxylic acids is 2. The number of halogens is 6. The predicted molar refractivity (Wildman–Crippen MR) is 127 cm³/mol. The molecule has 1 heterocycles. The van der Waals surface area contributed by atoms with Gasteiger partial charge in [0.15, 0.2) is 5.60 Å². The van der Waals surface area contributed by atoms with Crippen LogP contribution in [0.5, 0.6) is 0 Å². The number of benzene rings is 2. The molecule has 0 spiro atoms. The van der Waals surface area contributed by atoms with Crippen LogP contribution in [0.4, 0.5) is 18.9 Å². The smallest absolute Gasteiger partial charge is 0.372 e. The van der Waals surface area contributed by atoms with Crippen LogP contribution in [0.2, 0.25) is 10.0 Å². The van der Waals surface area contributed by atoms with Crippen LogP contribution in [0, 0.1) is 0 Å². The molecule has 186 valence electrons. The molecule has 6 nitrogen and oxygen atoms in total. The predicted octanol–water partition coefficient (Wildman–Crippen LogP) is 4.46. The van der Waals surface area contributed by atoms with Crippen molar-refractivity contribution in [2.24, 2.45) is 5.73 Å². The molecule has 2 aromatic carbocycles. The van der Waals surface area contributed by atoms with Gasteiger partial charge in [-0.1, -0.05) is 43.1 Å². The summed E-state index contributed by atoms with van der Waals surface area (Å²) >= 11 is 12.4. The fraction of sp³-hybridized carbons (Fsp3) is 0.364. The van der Waals surface area contributed by atoms with Crippen molar-refractivity contribution in [3.8, 4) is 0 Å². The van der Waals surface area contributed by atoms with Gasteiger partial charge in [-0.05, 0) is 37.4 Å². The molecule has 0 aromatic heterocycles. The summed E-state index contributed by atoms with van der Waals surface area (Å²) in [5, 5.41) is 11.3. The Morgan fingerprint density at radius 1 is 1.15 bits per heavy atom. The lowest BCUT2D eigenvalue weighted by molar-refractivity contribution is -0.142. The number of primary amides is 1. The minimum Gasteiger partial charge on any atom is -0.372 e. The lowest BCUT2D eigenvalue weighted by atomic mass is 9.83. The maximum Gasteiger partial charge on any atom is 0.416 e. The third-order valence-electron chi connectivity index (χ3n) is 5.77. The van der Waals surface area contributed by atoms with Gasteiger partial charge in [-0.25, -0.2) is 0 Å². The van der Waals surface area contributed by atoms with Gasteiger partial charge in [-0.2, -0.15) is 13.2 Å². The van der Waals surface area contributed by atoms with Crippen molar-refractivity contribution in [2.75, 3.05) is 31.1 Å². The van der Waals surface area contributed by atoms with Crippen LogP contribution in [0.25, 0.3) is 0 Å². The normalized spacial score (nSPS) is 17.7. The van der Waals surface area contributed by atoms with Gasteiger partial charge in [0.1, 0.15) is 0 Å². The molecule has 1 atom stereocenters. The Hall–Kier alpha value is -2.04. The maximum atomic E-state index is 14.2. The number of hydrogen-bond acceptors (Lipinski definition) is 4. The minimum atomic E-state index is -5.02. The number of aliphatic hydroxyl groups is 1. The number of carbonyl (C=O) groups is 2. The Bertz CT molecular complexity index is 1090. The Morgan fingerprint density at radius 2 is 1.71 bits per heavy atom. The number of amides is 2. The van der Waals surface area contributed by atoms with Gasteiger partial charge in [-0.3, -0.25) is 9.59 Å². The SMILES string of the molecule is CCN(CC)CCN1C(=O)C(O)(c2c(Cl)cccc2Cl)c2c1cc(C(N)=O)cc2C(F)(F)F.Cl. The molecule has 0 saturated heterocycles. The third kappa shape index (κ3) is 4.72. The van der Waals surface area contributed by atoms with E-state index in [0.717, 1.165) is 11.0 Å². The highest BCUT2D eigenvalue weighted by Gasteiger charge is 2.57. The topological polar surface area (TPSA) is 86.9 Å². The first-order chi connectivity index (χ1) is 15.4. The summed E-state index contributed by atoms with van der Waals surface area (Å²) in [5.74, 6) is -2.16. The highest BCUT2D eigenvalue weighted by atomic mass is 35.5. The van der Waals surface area contributed by atoms with Crippen LogP contribution in [-0.4, -0.2) is 48.0 Å². The first kappa shape index (κ1) is 28.2. The zero-order valence-corrected chi connectivity index (χ0v) is 20.6. The van der Waals surface area contributed by atoms with Gasteiger partial charge in [0.25, 0.3) is 5.91 Å². The minimum absolute atomic E-state index is 0. The second-order valence-electron chi connectivity index (χ2n) is 7.57. The Balaban J connectivity index is 0.00000408. The summed E-state index contributed by atoms with van der Waals surface area (Å²) < 4.78 is 42.5. The van der Waals surface area contributed by atoms with Crippen molar-refractivity contribution in [3.63, 3.8) is 0 Å². The average molecular weight is 541 g/mol.